The van der Waals surface area contributed by atoms with E-state index in [2.05, 4.69) is 4.90 Å². The smallest absolute Gasteiger partial charge is 0.222 e. The first-order chi connectivity index (χ1) is 9.27. The van der Waals surface area contributed by atoms with Crippen LogP contribution in [0.2, 0.25) is 0 Å². The summed E-state index contributed by atoms with van der Waals surface area (Å²) in [6.07, 6.45) is 3.56. The Hall–Kier alpha value is -0.650. The molecule has 5 nitrogen and oxygen atoms in total. The quantitative estimate of drug-likeness (QED) is 0.660. The summed E-state index contributed by atoms with van der Waals surface area (Å²) in [5.41, 5.74) is 5.54. The number of hydrogen-bond acceptors (Lipinski definition) is 4. The number of nitrogens with zero attached hydrogens (tertiary/aromatic N) is 2. The summed E-state index contributed by atoms with van der Waals surface area (Å²) < 4.78 is 5.27. The maximum absolute atomic E-state index is 12.1. The predicted octanol–water partition coefficient (Wildman–Crippen LogP) is 0.686. The molecule has 0 aliphatic carbocycles. The Morgan fingerprint density at radius 3 is 2.79 bits per heavy atom. The maximum Gasteiger partial charge on any atom is 0.222 e. The molecule has 1 heterocycles. The van der Waals surface area contributed by atoms with Crippen LogP contribution in [0.3, 0.4) is 0 Å². The fourth-order valence-corrected chi connectivity index (χ4v) is 2.39. The maximum atomic E-state index is 12.1. The first-order valence-corrected chi connectivity index (χ1v) is 7.56. The first-order valence-electron chi connectivity index (χ1n) is 7.56. The van der Waals surface area contributed by atoms with E-state index in [-0.39, 0.29) is 5.91 Å². The SMILES string of the molecule is CCOCCCC(=O)N1CCCN(CCCN)CC1. The standard InChI is InChI=1S/C14H29N3O2/c1-2-19-13-3-6-14(18)17-10-5-9-16(11-12-17)8-4-7-15/h2-13,15H2,1H3. The second-order valence-electron chi connectivity index (χ2n) is 5.02. The Kier molecular flexibility index (Phi) is 8.79. The van der Waals surface area contributed by atoms with Gasteiger partial charge in [-0.05, 0) is 45.8 Å². The largest absolute Gasteiger partial charge is 0.382 e. The van der Waals surface area contributed by atoms with Gasteiger partial charge in [0.2, 0.25) is 5.91 Å². The molecule has 19 heavy (non-hydrogen) atoms. The van der Waals surface area contributed by atoms with Crippen molar-refractivity contribution in [2.24, 2.45) is 5.73 Å². The lowest BCUT2D eigenvalue weighted by Crippen LogP contribution is -2.35. The summed E-state index contributed by atoms with van der Waals surface area (Å²) in [6, 6.07) is 0. The zero-order chi connectivity index (χ0) is 13.9. The second kappa shape index (κ2) is 10.2. The van der Waals surface area contributed by atoms with Crippen LogP contribution < -0.4 is 5.73 Å². The van der Waals surface area contributed by atoms with E-state index in [1.54, 1.807) is 0 Å². The van der Waals surface area contributed by atoms with Crippen LogP contribution in [0.1, 0.15) is 32.6 Å². The molecule has 0 radical (unpaired) electrons. The molecule has 1 rings (SSSR count). The zero-order valence-corrected chi connectivity index (χ0v) is 12.3. The average molecular weight is 271 g/mol. The Morgan fingerprint density at radius 2 is 2.05 bits per heavy atom. The van der Waals surface area contributed by atoms with Crippen LogP contribution in [-0.4, -0.2) is 68.2 Å². The van der Waals surface area contributed by atoms with Gasteiger partial charge in [0.1, 0.15) is 0 Å². The van der Waals surface area contributed by atoms with Crippen LogP contribution >= 0.6 is 0 Å². The predicted molar refractivity (Wildman–Crippen MR) is 77.0 cm³/mol. The minimum absolute atomic E-state index is 0.278. The molecule has 1 amide bonds. The number of carbonyl (C=O) groups is 1. The number of nitrogens with two attached hydrogens (primary N) is 1. The number of carbonyl (C=O) groups excluding carboxylic acids is 1. The summed E-state index contributed by atoms with van der Waals surface area (Å²) in [5.74, 6) is 0.278. The second-order valence-corrected chi connectivity index (χ2v) is 5.02. The molecule has 0 saturated carbocycles. The Labute approximate surface area is 117 Å². The van der Waals surface area contributed by atoms with Gasteiger partial charge in [-0.25, -0.2) is 0 Å². The summed E-state index contributed by atoms with van der Waals surface area (Å²) in [4.78, 5) is 16.5. The van der Waals surface area contributed by atoms with Gasteiger partial charge in [-0.2, -0.15) is 0 Å². The minimum Gasteiger partial charge on any atom is -0.382 e. The van der Waals surface area contributed by atoms with Gasteiger partial charge in [0.25, 0.3) is 0 Å². The highest BCUT2D eigenvalue weighted by atomic mass is 16.5. The summed E-state index contributed by atoms with van der Waals surface area (Å²) >= 11 is 0. The molecule has 2 N–H and O–H groups in total. The summed E-state index contributed by atoms with van der Waals surface area (Å²) in [6.45, 7) is 9.03. The van der Waals surface area contributed by atoms with Crippen molar-refractivity contribution in [2.75, 3.05) is 52.5 Å². The van der Waals surface area contributed by atoms with Crippen LogP contribution in [0.25, 0.3) is 0 Å². The van der Waals surface area contributed by atoms with Gasteiger partial charge in [0.05, 0.1) is 0 Å². The normalized spacial score (nSPS) is 17.5. The van der Waals surface area contributed by atoms with E-state index in [1.165, 1.54) is 0 Å². The van der Waals surface area contributed by atoms with Gasteiger partial charge in [-0.15, -0.1) is 0 Å². The number of rotatable bonds is 8. The topological polar surface area (TPSA) is 58.8 Å². The fraction of sp³-hybridized carbons (Fsp3) is 0.929. The van der Waals surface area contributed by atoms with Crippen molar-refractivity contribution in [3.05, 3.63) is 0 Å². The highest BCUT2D eigenvalue weighted by molar-refractivity contribution is 5.76. The van der Waals surface area contributed by atoms with Gasteiger partial charge in [0, 0.05) is 39.3 Å². The lowest BCUT2D eigenvalue weighted by Gasteiger charge is -2.22. The Bertz CT molecular complexity index is 249. The molecule has 0 bridgehead atoms. The number of hydrogen-bond donors (Lipinski definition) is 1. The first kappa shape index (κ1) is 16.4. The van der Waals surface area contributed by atoms with Gasteiger partial charge in [-0.1, -0.05) is 0 Å². The number of ether oxygens (including phenoxy) is 1. The average Bonchev–Trinajstić information content (AvgIpc) is 2.66. The van der Waals surface area contributed by atoms with Crippen molar-refractivity contribution in [2.45, 2.75) is 32.6 Å². The van der Waals surface area contributed by atoms with E-state index in [0.29, 0.717) is 13.0 Å². The third-order valence-corrected chi connectivity index (χ3v) is 3.50. The van der Waals surface area contributed by atoms with Crippen molar-refractivity contribution < 1.29 is 9.53 Å². The molecule has 1 aliphatic rings. The van der Waals surface area contributed by atoms with Crippen molar-refractivity contribution in [3.63, 3.8) is 0 Å². The molecule has 0 unspecified atom stereocenters. The third kappa shape index (κ3) is 6.89. The molecular weight excluding hydrogens is 242 g/mol. The Morgan fingerprint density at radius 1 is 1.21 bits per heavy atom. The van der Waals surface area contributed by atoms with Gasteiger partial charge >= 0.3 is 0 Å². The molecule has 1 fully saturated rings. The van der Waals surface area contributed by atoms with Crippen LogP contribution in [-0.2, 0) is 9.53 Å². The van der Waals surface area contributed by atoms with Crippen molar-refractivity contribution in [1.29, 1.82) is 0 Å². The molecule has 0 spiro atoms. The molecule has 5 heteroatoms. The highest BCUT2D eigenvalue weighted by Gasteiger charge is 2.18. The Balaban J connectivity index is 2.21. The minimum atomic E-state index is 0.278. The van der Waals surface area contributed by atoms with Crippen molar-refractivity contribution in [3.8, 4) is 0 Å². The van der Waals surface area contributed by atoms with E-state index in [0.717, 1.165) is 65.1 Å². The van der Waals surface area contributed by atoms with Crippen molar-refractivity contribution in [1.82, 2.24) is 9.80 Å². The third-order valence-electron chi connectivity index (χ3n) is 3.50. The van der Waals surface area contributed by atoms with E-state index >= 15 is 0 Å². The van der Waals surface area contributed by atoms with E-state index in [9.17, 15) is 4.79 Å². The van der Waals surface area contributed by atoms with Gasteiger partial charge < -0.3 is 20.3 Å². The monoisotopic (exact) mass is 271 g/mol. The van der Waals surface area contributed by atoms with Crippen LogP contribution in [0.5, 0.6) is 0 Å². The van der Waals surface area contributed by atoms with Crippen LogP contribution in [0.4, 0.5) is 0 Å². The van der Waals surface area contributed by atoms with E-state index in [1.807, 2.05) is 11.8 Å². The molecule has 112 valence electrons. The fourth-order valence-electron chi connectivity index (χ4n) is 2.39. The molecule has 0 aromatic rings. The zero-order valence-electron chi connectivity index (χ0n) is 12.3. The number of amides is 1. The molecule has 0 atom stereocenters. The van der Waals surface area contributed by atoms with Crippen LogP contribution in [0, 0.1) is 0 Å². The van der Waals surface area contributed by atoms with Crippen LogP contribution in [0.15, 0.2) is 0 Å². The van der Waals surface area contributed by atoms with Crippen molar-refractivity contribution >= 4 is 5.91 Å². The molecular formula is C14H29N3O2. The van der Waals surface area contributed by atoms with Gasteiger partial charge in [0.15, 0.2) is 0 Å². The molecule has 1 aliphatic heterocycles. The molecule has 1 saturated heterocycles. The summed E-state index contributed by atoms with van der Waals surface area (Å²) in [5, 5.41) is 0. The molecule has 0 aromatic heterocycles. The highest BCUT2D eigenvalue weighted by Crippen LogP contribution is 2.06. The molecule has 0 aromatic carbocycles. The van der Waals surface area contributed by atoms with E-state index in [4.69, 9.17) is 10.5 Å². The van der Waals surface area contributed by atoms with Gasteiger partial charge in [-0.3, -0.25) is 4.79 Å². The lowest BCUT2D eigenvalue weighted by molar-refractivity contribution is -0.131. The van der Waals surface area contributed by atoms with E-state index < -0.39 is 0 Å². The summed E-state index contributed by atoms with van der Waals surface area (Å²) in [7, 11) is 0. The lowest BCUT2D eigenvalue weighted by atomic mass is 10.2.